The normalized spacial score (nSPS) is 12.2. The predicted molar refractivity (Wildman–Crippen MR) is 115 cm³/mol. The molecule has 1 amide bonds. The molecule has 3 aromatic carbocycles. The standard InChI is InChI=1S/C23H23NO4S/c1-17(16-29(26,27)22-14-12-21(28-2)13-15-22)23(25)24-20-10-8-19(9-11-20)18-6-4-3-5-7-18/h3-15,17H,16H2,1-2H3,(H,24,25). The number of methoxy groups -OCH3 is 1. The molecule has 3 aromatic rings. The van der Waals surface area contributed by atoms with E-state index in [9.17, 15) is 13.2 Å². The van der Waals surface area contributed by atoms with Crippen molar-refractivity contribution >= 4 is 21.4 Å². The topological polar surface area (TPSA) is 72.5 Å². The van der Waals surface area contributed by atoms with Crippen LogP contribution in [0.1, 0.15) is 6.92 Å². The summed E-state index contributed by atoms with van der Waals surface area (Å²) >= 11 is 0. The Morgan fingerprint density at radius 1 is 0.897 bits per heavy atom. The smallest absolute Gasteiger partial charge is 0.228 e. The number of sulfone groups is 1. The number of anilines is 1. The van der Waals surface area contributed by atoms with Crippen molar-refractivity contribution in [1.29, 1.82) is 0 Å². The first-order chi connectivity index (χ1) is 13.9. The molecule has 1 unspecified atom stereocenters. The lowest BCUT2D eigenvalue weighted by molar-refractivity contribution is -0.118. The molecule has 150 valence electrons. The van der Waals surface area contributed by atoms with Crippen molar-refractivity contribution in [3.05, 3.63) is 78.9 Å². The van der Waals surface area contributed by atoms with Gasteiger partial charge in [-0.25, -0.2) is 8.42 Å². The minimum atomic E-state index is -3.58. The number of rotatable bonds is 7. The van der Waals surface area contributed by atoms with E-state index in [0.717, 1.165) is 11.1 Å². The molecule has 0 heterocycles. The summed E-state index contributed by atoms with van der Waals surface area (Å²) in [6, 6.07) is 23.5. The largest absolute Gasteiger partial charge is 0.497 e. The molecule has 0 aliphatic carbocycles. The van der Waals surface area contributed by atoms with Gasteiger partial charge in [0.1, 0.15) is 5.75 Å². The van der Waals surface area contributed by atoms with Crippen LogP contribution in [0.5, 0.6) is 5.75 Å². The fourth-order valence-electron chi connectivity index (χ4n) is 2.93. The minimum absolute atomic E-state index is 0.171. The summed E-state index contributed by atoms with van der Waals surface area (Å²) in [5.74, 6) is -0.730. The number of ether oxygens (including phenoxy) is 1. The van der Waals surface area contributed by atoms with E-state index < -0.39 is 15.8 Å². The monoisotopic (exact) mass is 409 g/mol. The summed E-state index contributed by atoms with van der Waals surface area (Å²) in [5.41, 5.74) is 2.76. The lowest BCUT2D eigenvalue weighted by Gasteiger charge is -2.13. The molecular weight excluding hydrogens is 386 g/mol. The van der Waals surface area contributed by atoms with Crippen molar-refractivity contribution in [2.45, 2.75) is 11.8 Å². The van der Waals surface area contributed by atoms with Gasteiger partial charge < -0.3 is 10.1 Å². The molecule has 29 heavy (non-hydrogen) atoms. The van der Waals surface area contributed by atoms with Crippen LogP contribution in [0.4, 0.5) is 5.69 Å². The van der Waals surface area contributed by atoms with Crippen molar-refractivity contribution in [2.24, 2.45) is 5.92 Å². The van der Waals surface area contributed by atoms with Gasteiger partial charge in [0.05, 0.1) is 17.8 Å². The average Bonchev–Trinajstić information content (AvgIpc) is 2.74. The van der Waals surface area contributed by atoms with Crippen LogP contribution in [0.3, 0.4) is 0 Å². The third-order valence-corrected chi connectivity index (χ3v) is 6.52. The average molecular weight is 410 g/mol. The highest BCUT2D eigenvalue weighted by Crippen LogP contribution is 2.22. The summed E-state index contributed by atoms with van der Waals surface area (Å²) in [4.78, 5) is 12.7. The van der Waals surface area contributed by atoms with Crippen LogP contribution in [0.25, 0.3) is 11.1 Å². The van der Waals surface area contributed by atoms with Gasteiger partial charge in [0.15, 0.2) is 9.84 Å². The number of nitrogens with one attached hydrogen (secondary N) is 1. The zero-order chi connectivity index (χ0) is 20.9. The summed E-state index contributed by atoms with van der Waals surface area (Å²) in [6.07, 6.45) is 0. The lowest BCUT2D eigenvalue weighted by atomic mass is 10.1. The van der Waals surface area contributed by atoms with Crippen LogP contribution < -0.4 is 10.1 Å². The molecular formula is C23H23NO4S. The van der Waals surface area contributed by atoms with Gasteiger partial charge in [-0.1, -0.05) is 49.4 Å². The number of hydrogen-bond acceptors (Lipinski definition) is 4. The van der Waals surface area contributed by atoms with Crippen molar-refractivity contribution in [3.63, 3.8) is 0 Å². The first-order valence-electron chi connectivity index (χ1n) is 9.22. The van der Waals surface area contributed by atoms with Crippen LogP contribution in [-0.2, 0) is 14.6 Å². The molecule has 1 atom stereocenters. The zero-order valence-corrected chi connectivity index (χ0v) is 17.1. The second kappa shape index (κ2) is 8.92. The van der Waals surface area contributed by atoms with Crippen molar-refractivity contribution < 1.29 is 17.9 Å². The maximum atomic E-state index is 12.6. The van der Waals surface area contributed by atoms with Crippen LogP contribution in [-0.4, -0.2) is 27.2 Å². The first-order valence-corrected chi connectivity index (χ1v) is 10.9. The van der Waals surface area contributed by atoms with Crippen molar-refractivity contribution in [3.8, 4) is 16.9 Å². The maximum absolute atomic E-state index is 12.6. The summed E-state index contributed by atoms with van der Waals surface area (Å²) in [7, 11) is -2.06. The van der Waals surface area contributed by atoms with E-state index in [-0.39, 0.29) is 16.6 Å². The van der Waals surface area contributed by atoms with Gasteiger partial charge >= 0.3 is 0 Å². The molecule has 6 heteroatoms. The zero-order valence-electron chi connectivity index (χ0n) is 16.3. The number of carbonyl (C=O) groups excluding carboxylic acids is 1. The van der Waals surface area contributed by atoms with Crippen molar-refractivity contribution in [2.75, 3.05) is 18.2 Å². The minimum Gasteiger partial charge on any atom is -0.497 e. The molecule has 0 radical (unpaired) electrons. The van der Waals surface area contributed by atoms with Gasteiger partial charge in [0, 0.05) is 11.6 Å². The Morgan fingerprint density at radius 2 is 1.48 bits per heavy atom. The predicted octanol–water partition coefficient (Wildman–Crippen LogP) is 4.41. The molecule has 0 aromatic heterocycles. The van der Waals surface area contributed by atoms with Gasteiger partial charge in [0.2, 0.25) is 5.91 Å². The number of hydrogen-bond donors (Lipinski definition) is 1. The number of benzene rings is 3. The van der Waals surface area contributed by atoms with Gasteiger partial charge in [-0.15, -0.1) is 0 Å². The van der Waals surface area contributed by atoms with Crippen molar-refractivity contribution in [1.82, 2.24) is 0 Å². The number of carbonyl (C=O) groups is 1. The SMILES string of the molecule is COc1ccc(S(=O)(=O)CC(C)C(=O)Nc2ccc(-c3ccccc3)cc2)cc1. The Bertz CT molecular complexity index is 1060. The quantitative estimate of drug-likeness (QED) is 0.627. The van der Waals surface area contributed by atoms with Crippen LogP contribution in [0, 0.1) is 5.92 Å². The molecule has 0 saturated heterocycles. The second-order valence-electron chi connectivity index (χ2n) is 6.79. The Kier molecular flexibility index (Phi) is 6.34. The van der Waals surface area contributed by atoms with Crippen LogP contribution in [0.2, 0.25) is 0 Å². The highest BCUT2D eigenvalue weighted by molar-refractivity contribution is 7.91. The Labute approximate surface area is 171 Å². The maximum Gasteiger partial charge on any atom is 0.228 e. The third-order valence-electron chi connectivity index (χ3n) is 4.60. The molecule has 0 aliphatic rings. The van der Waals surface area contributed by atoms with E-state index >= 15 is 0 Å². The van der Waals surface area contributed by atoms with Crippen LogP contribution in [0.15, 0.2) is 83.8 Å². The van der Waals surface area contributed by atoms with Gasteiger partial charge in [-0.2, -0.15) is 0 Å². The second-order valence-corrected chi connectivity index (χ2v) is 8.82. The lowest BCUT2D eigenvalue weighted by Crippen LogP contribution is -2.27. The fraction of sp³-hybridized carbons (Fsp3) is 0.174. The first kappa shape index (κ1) is 20.6. The molecule has 1 N–H and O–H groups in total. The fourth-order valence-corrected chi connectivity index (χ4v) is 4.48. The van der Waals surface area contributed by atoms with Gasteiger partial charge in [-0.05, 0) is 47.5 Å². The van der Waals surface area contributed by atoms with E-state index in [1.165, 1.54) is 19.2 Å². The van der Waals surface area contributed by atoms with E-state index in [1.54, 1.807) is 19.1 Å². The Hall–Kier alpha value is -3.12. The summed E-state index contributed by atoms with van der Waals surface area (Å²) < 4.78 is 30.2. The molecule has 5 nitrogen and oxygen atoms in total. The van der Waals surface area contributed by atoms with E-state index in [4.69, 9.17) is 4.74 Å². The van der Waals surface area contributed by atoms with Gasteiger partial charge in [-0.3, -0.25) is 4.79 Å². The highest BCUT2D eigenvalue weighted by Gasteiger charge is 2.23. The van der Waals surface area contributed by atoms with E-state index in [0.29, 0.717) is 11.4 Å². The molecule has 0 fully saturated rings. The van der Waals surface area contributed by atoms with E-state index in [2.05, 4.69) is 5.32 Å². The van der Waals surface area contributed by atoms with E-state index in [1.807, 2.05) is 54.6 Å². The molecule has 0 bridgehead atoms. The number of amides is 1. The Balaban J connectivity index is 1.64. The highest BCUT2D eigenvalue weighted by atomic mass is 32.2. The third kappa shape index (κ3) is 5.23. The molecule has 0 aliphatic heterocycles. The summed E-state index contributed by atoms with van der Waals surface area (Å²) in [5, 5.41) is 2.79. The molecule has 0 spiro atoms. The molecule has 3 rings (SSSR count). The van der Waals surface area contributed by atoms with Gasteiger partial charge in [0.25, 0.3) is 0 Å². The molecule has 0 saturated carbocycles. The summed E-state index contributed by atoms with van der Waals surface area (Å²) in [6.45, 7) is 1.61. The van der Waals surface area contributed by atoms with Crippen LogP contribution >= 0.6 is 0 Å². The Morgan fingerprint density at radius 3 is 2.07 bits per heavy atom.